The highest BCUT2D eigenvalue weighted by Crippen LogP contribution is 2.37. The van der Waals surface area contributed by atoms with E-state index in [0.29, 0.717) is 6.04 Å². The Hall–Kier alpha value is -0.950. The molecule has 1 atom stereocenters. The number of fused-ring (bicyclic) bond motifs is 1. The van der Waals surface area contributed by atoms with Gasteiger partial charge in [-0.25, -0.2) is 4.98 Å². The van der Waals surface area contributed by atoms with E-state index in [1.54, 1.807) is 18.4 Å². The molecule has 1 aliphatic heterocycles. The zero-order valence-corrected chi connectivity index (χ0v) is 14.1. The molecule has 1 unspecified atom stereocenters. The van der Waals surface area contributed by atoms with Crippen LogP contribution in [0.2, 0.25) is 0 Å². The van der Waals surface area contributed by atoms with Crippen LogP contribution >= 0.6 is 22.7 Å². The molecule has 114 valence electrons. The molecule has 0 amide bonds. The van der Waals surface area contributed by atoms with Crippen LogP contribution in [0.3, 0.4) is 0 Å². The first-order chi connectivity index (χ1) is 10.3. The molecule has 0 spiro atoms. The van der Waals surface area contributed by atoms with Crippen LogP contribution in [0.4, 0.5) is 5.13 Å². The molecule has 4 nitrogen and oxygen atoms in total. The summed E-state index contributed by atoms with van der Waals surface area (Å²) in [6.45, 7) is 5.76. The first-order valence-corrected chi connectivity index (χ1v) is 9.02. The lowest BCUT2D eigenvalue weighted by molar-refractivity contribution is 0.199. The van der Waals surface area contributed by atoms with Crippen molar-refractivity contribution in [3.8, 4) is 0 Å². The van der Waals surface area contributed by atoms with Gasteiger partial charge >= 0.3 is 0 Å². The summed E-state index contributed by atoms with van der Waals surface area (Å²) in [5.74, 6) is 0. The third kappa shape index (κ3) is 3.29. The summed E-state index contributed by atoms with van der Waals surface area (Å²) in [5.41, 5.74) is 2.59. The molecule has 21 heavy (non-hydrogen) atoms. The fraction of sp³-hybridized carbons (Fsp3) is 0.533. The third-order valence-electron chi connectivity index (χ3n) is 3.85. The number of thiazole rings is 1. The second kappa shape index (κ2) is 6.87. The summed E-state index contributed by atoms with van der Waals surface area (Å²) in [6.07, 6.45) is 1.14. The van der Waals surface area contributed by atoms with Crippen LogP contribution in [0.1, 0.15) is 29.1 Å². The quantitative estimate of drug-likeness (QED) is 0.829. The molecule has 1 N–H and O–H groups in total. The number of rotatable bonds is 6. The number of nitrogens with one attached hydrogen (secondary N) is 1. The molecular weight excluding hydrogens is 302 g/mol. The van der Waals surface area contributed by atoms with E-state index in [9.17, 15) is 0 Å². The van der Waals surface area contributed by atoms with E-state index < -0.39 is 0 Å². The first kappa shape index (κ1) is 15.0. The van der Waals surface area contributed by atoms with Gasteiger partial charge in [0.1, 0.15) is 0 Å². The fourth-order valence-corrected chi connectivity index (χ4v) is 4.57. The summed E-state index contributed by atoms with van der Waals surface area (Å²) in [5, 5.41) is 8.85. The average molecular weight is 323 g/mol. The van der Waals surface area contributed by atoms with E-state index in [1.807, 2.05) is 11.3 Å². The van der Waals surface area contributed by atoms with Gasteiger partial charge in [0.15, 0.2) is 5.13 Å². The van der Waals surface area contributed by atoms with Gasteiger partial charge in [-0.1, -0.05) is 0 Å². The number of aromatic nitrogens is 1. The Balaban J connectivity index is 1.64. The van der Waals surface area contributed by atoms with Gasteiger partial charge in [-0.15, -0.1) is 22.7 Å². The molecule has 0 aromatic carbocycles. The highest BCUT2D eigenvalue weighted by atomic mass is 32.1. The van der Waals surface area contributed by atoms with Gasteiger partial charge in [0, 0.05) is 37.0 Å². The minimum absolute atomic E-state index is 0.431. The molecule has 0 bridgehead atoms. The maximum absolute atomic E-state index is 5.03. The predicted molar refractivity (Wildman–Crippen MR) is 89.5 cm³/mol. The van der Waals surface area contributed by atoms with Crippen molar-refractivity contribution in [1.29, 1.82) is 0 Å². The molecule has 0 saturated carbocycles. The van der Waals surface area contributed by atoms with Gasteiger partial charge in [0.05, 0.1) is 18.3 Å². The highest BCUT2D eigenvalue weighted by Gasteiger charge is 2.26. The van der Waals surface area contributed by atoms with Gasteiger partial charge in [-0.2, -0.15) is 0 Å². The minimum atomic E-state index is 0.431. The first-order valence-electron chi connectivity index (χ1n) is 7.26. The van der Waals surface area contributed by atoms with E-state index in [-0.39, 0.29) is 0 Å². The maximum atomic E-state index is 5.03. The SMILES string of the molecule is COCCNCc1csc(N2CCc3sccc3C2C)n1. The molecule has 2 aromatic heterocycles. The van der Waals surface area contributed by atoms with Gasteiger partial charge in [-0.3, -0.25) is 0 Å². The third-order valence-corrected chi connectivity index (χ3v) is 5.77. The van der Waals surface area contributed by atoms with Gasteiger partial charge in [0.25, 0.3) is 0 Å². The molecule has 0 aliphatic carbocycles. The van der Waals surface area contributed by atoms with Crippen molar-refractivity contribution < 1.29 is 4.74 Å². The molecule has 3 heterocycles. The Morgan fingerprint density at radius 2 is 2.38 bits per heavy atom. The van der Waals surface area contributed by atoms with Gasteiger partial charge < -0.3 is 15.0 Å². The predicted octanol–water partition coefficient (Wildman–Crippen LogP) is 3.06. The monoisotopic (exact) mass is 323 g/mol. The van der Waals surface area contributed by atoms with Crippen molar-refractivity contribution in [2.24, 2.45) is 0 Å². The molecule has 3 rings (SSSR count). The van der Waals surface area contributed by atoms with Crippen LogP contribution in [-0.4, -0.2) is 31.8 Å². The molecule has 0 saturated heterocycles. The van der Waals surface area contributed by atoms with Gasteiger partial charge in [0.2, 0.25) is 0 Å². The van der Waals surface area contributed by atoms with Crippen LogP contribution in [0, 0.1) is 0 Å². The molecule has 6 heteroatoms. The number of methoxy groups -OCH3 is 1. The second-order valence-electron chi connectivity index (χ2n) is 5.21. The van der Waals surface area contributed by atoms with Crippen molar-refractivity contribution >= 4 is 27.8 Å². The largest absolute Gasteiger partial charge is 0.383 e. The number of thiophene rings is 1. The van der Waals surface area contributed by atoms with Crippen LogP contribution in [0.5, 0.6) is 0 Å². The lowest BCUT2D eigenvalue weighted by Crippen LogP contribution is -2.33. The van der Waals surface area contributed by atoms with Crippen LogP contribution in [0.25, 0.3) is 0 Å². The summed E-state index contributed by atoms with van der Waals surface area (Å²) < 4.78 is 5.03. The summed E-state index contributed by atoms with van der Waals surface area (Å²) in [6, 6.07) is 2.69. The zero-order valence-electron chi connectivity index (χ0n) is 12.5. The Morgan fingerprint density at radius 3 is 3.24 bits per heavy atom. The summed E-state index contributed by atoms with van der Waals surface area (Å²) in [4.78, 5) is 8.75. The van der Waals surface area contributed by atoms with Gasteiger partial charge in [-0.05, 0) is 30.4 Å². The van der Waals surface area contributed by atoms with Crippen molar-refractivity contribution in [3.63, 3.8) is 0 Å². The van der Waals surface area contributed by atoms with Crippen molar-refractivity contribution in [2.75, 3.05) is 31.7 Å². The Bertz CT molecular complexity index is 581. The zero-order chi connectivity index (χ0) is 14.7. The van der Waals surface area contributed by atoms with E-state index in [2.05, 4.69) is 34.0 Å². The van der Waals surface area contributed by atoms with E-state index in [4.69, 9.17) is 9.72 Å². The molecule has 1 aliphatic rings. The molecule has 2 aromatic rings. The van der Waals surface area contributed by atoms with Crippen molar-refractivity contribution in [3.05, 3.63) is 33.0 Å². The minimum Gasteiger partial charge on any atom is -0.383 e. The Kier molecular flexibility index (Phi) is 4.90. The molecule has 0 radical (unpaired) electrons. The standard InChI is InChI=1S/C15H21N3OS2/c1-11-13-4-8-20-14(13)3-6-18(11)15-17-12(10-21-15)9-16-5-7-19-2/h4,8,10-11,16H,3,5-7,9H2,1-2H3. The Morgan fingerprint density at radius 1 is 1.48 bits per heavy atom. The Labute approximate surface area is 133 Å². The lowest BCUT2D eigenvalue weighted by atomic mass is 10.0. The van der Waals surface area contributed by atoms with E-state index in [0.717, 1.165) is 43.5 Å². The lowest BCUT2D eigenvalue weighted by Gasteiger charge is -2.33. The number of hydrogen-bond acceptors (Lipinski definition) is 6. The number of ether oxygens (including phenoxy) is 1. The van der Waals surface area contributed by atoms with Crippen molar-refractivity contribution in [2.45, 2.75) is 25.9 Å². The number of nitrogens with zero attached hydrogens (tertiary/aromatic N) is 2. The summed E-state index contributed by atoms with van der Waals surface area (Å²) in [7, 11) is 1.72. The molecular formula is C15H21N3OS2. The smallest absolute Gasteiger partial charge is 0.186 e. The highest BCUT2D eigenvalue weighted by molar-refractivity contribution is 7.13. The van der Waals surface area contributed by atoms with Crippen LogP contribution in [0.15, 0.2) is 16.8 Å². The summed E-state index contributed by atoms with van der Waals surface area (Å²) >= 11 is 3.63. The van der Waals surface area contributed by atoms with E-state index in [1.165, 1.54) is 10.4 Å². The second-order valence-corrected chi connectivity index (χ2v) is 7.05. The van der Waals surface area contributed by atoms with Crippen LogP contribution in [-0.2, 0) is 17.7 Å². The molecule has 0 fully saturated rings. The van der Waals surface area contributed by atoms with Crippen molar-refractivity contribution in [1.82, 2.24) is 10.3 Å². The maximum Gasteiger partial charge on any atom is 0.186 e. The fourth-order valence-electron chi connectivity index (χ4n) is 2.67. The van der Waals surface area contributed by atoms with Crippen LogP contribution < -0.4 is 10.2 Å². The number of anilines is 1. The normalized spacial score (nSPS) is 18.0. The number of hydrogen-bond donors (Lipinski definition) is 1. The van der Waals surface area contributed by atoms with E-state index >= 15 is 0 Å². The average Bonchev–Trinajstić information content (AvgIpc) is 3.13. The topological polar surface area (TPSA) is 37.4 Å².